The zero-order valence-corrected chi connectivity index (χ0v) is 10.6. The van der Waals surface area contributed by atoms with Gasteiger partial charge in [0.1, 0.15) is 12.4 Å². The minimum atomic E-state index is 0.0101. The second kappa shape index (κ2) is 4.51. The SMILES string of the molecule is C=CCOc1ccccc1C1ON1C(C)(C)C. The average Bonchev–Trinajstić information content (AvgIpc) is 3.06. The van der Waals surface area contributed by atoms with E-state index in [1.54, 1.807) is 6.08 Å². The minimum absolute atomic E-state index is 0.0101. The van der Waals surface area contributed by atoms with Crippen molar-refractivity contribution in [2.45, 2.75) is 32.5 Å². The molecule has 0 bridgehead atoms. The first-order valence-corrected chi connectivity index (χ1v) is 5.83. The number of para-hydroxylation sites is 1. The maximum atomic E-state index is 5.62. The standard InChI is InChI=1S/C14H19NO2/c1-5-10-16-12-9-7-6-8-11(12)13-15(17-13)14(2,3)4/h5-9,13H,1,10H2,2-4H3. The fraction of sp³-hybridized carbons (Fsp3) is 0.429. The first kappa shape index (κ1) is 12.1. The number of hydroxylamine groups is 2. The smallest absolute Gasteiger partial charge is 0.184 e. The van der Waals surface area contributed by atoms with E-state index in [2.05, 4.69) is 27.4 Å². The van der Waals surface area contributed by atoms with Crippen LogP contribution in [0.4, 0.5) is 0 Å². The molecule has 0 radical (unpaired) electrons. The molecule has 1 fully saturated rings. The zero-order chi connectivity index (χ0) is 12.5. The van der Waals surface area contributed by atoms with Crippen LogP contribution in [0, 0.1) is 0 Å². The molecule has 3 nitrogen and oxygen atoms in total. The van der Waals surface area contributed by atoms with Crippen molar-refractivity contribution in [1.29, 1.82) is 0 Å². The molecule has 0 aliphatic carbocycles. The summed E-state index contributed by atoms with van der Waals surface area (Å²) in [5, 5.41) is 1.98. The fourth-order valence-electron chi connectivity index (χ4n) is 1.74. The van der Waals surface area contributed by atoms with Crippen molar-refractivity contribution in [2.75, 3.05) is 6.61 Å². The number of ether oxygens (including phenoxy) is 1. The Hall–Kier alpha value is -1.32. The van der Waals surface area contributed by atoms with E-state index in [0.29, 0.717) is 6.61 Å². The first-order chi connectivity index (χ1) is 8.04. The molecule has 17 heavy (non-hydrogen) atoms. The van der Waals surface area contributed by atoms with Gasteiger partial charge in [-0.2, -0.15) is 0 Å². The number of hydrogen-bond donors (Lipinski definition) is 0. The van der Waals surface area contributed by atoms with Crippen molar-refractivity contribution in [2.24, 2.45) is 0 Å². The predicted molar refractivity (Wildman–Crippen MR) is 67.6 cm³/mol. The highest BCUT2D eigenvalue weighted by molar-refractivity contribution is 5.36. The van der Waals surface area contributed by atoms with Crippen LogP contribution in [-0.2, 0) is 4.84 Å². The molecule has 0 amide bonds. The molecule has 2 atom stereocenters. The van der Waals surface area contributed by atoms with Crippen molar-refractivity contribution in [3.05, 3.63) is 42.5 Å². The maximum absolute atomic E-state index is 5.62. The fourth-order valence-corrected chi connectivity index (χ4v) is 1.74. The molecule has 1 saturated heterocycles. The Labute approximate surface area is 103 Å². The zero-order valence-electron chi connectivity index (χ0n) is 10.6. The summed E-state index contributed by atoms with van der Waals surface area (Å²) in [5.74, 6) is 0.865. The highest BCUT2D eigenvalue weighted by Gasteiger charge is 2.46. The number of hydrogen-bond acceptors (Lipinski definition) is 3. The lowest BCUT2D eigenvalue weighted by molar-refractivity contribution is 0.101. The van der Waals surface area contributed by atoms with Gasteiger partial charge in [0.2, 0.25) is 0 Å². The van der Waals surface area contributed by atoms with Crippen LogP contribution in [0.15, 0.2) is 36.9 Å². The first-order valence-electron chi connectivity index (χ1n) is 5.83. The van der Waals surface area contributed by atoms with Gasteiger partial charge in [-0.25, -0.2) is 0 Å². The molecule has 3 heteroatoms. The maximum Gasteiger partial charge on any atom is 0.184 e. The second-order valence-corrected chi connectivity index (χ2v) is 5.09. The van der Waals surface area contributed by atoms with Gasteiger partial charge >= 0.3 is 0 Å². The Morgan fingerprint density at radius 3 is 2.71 bits per heavy atom. The van der Waals surface area contributed by atoms with Gasteiger partial charge in [-0.05, 0) is 26.8 Å². The third-order valence-corrected chi connectivity index (χ3v) is 2.58. The van der Waals surface area contributed by atoms with Gasteiger partial charge in [0.15, 0.2) is 6.23 Å². The van der Waals surface area contributed by atoms with Gasteiger partial charge in [-0.1, -0.05) is 30.9 Å². The molecule has 0 aromatic heterocycles. The van der Waals surface area contributed by atoms with Gasteiger partial charge < -0.3 is 4.74 Å². The normalized spacial score (nSPS) is 23.2. The Balaban J connectivity index is 2.14. The molecule has 0 N–H and O–H groups in total. The summed E-state index contributed by atoms with van der Waals surface area (Å²) in [6.45, 7) is 10.5. The molecule has 2 rings (SSSR count). The monoisotopic (exact) mass is 233 g/mol. The number of nitrogens with zero attached hydrogens (tertiary/aromatic N) is 1. The lowest BCUT2D eigenvalue weighted by atomic mass is 10.1. The number of benzene rings is 1. The van der Waals surface area contributed by atoms with Crippen LogP contribution in [0.25, 0.3) is 0 Å². The van der Waals surface area contributed by atoms with Crippen molar-refractivity contribution >= 4 is 0 Å². The van der Waals surface area contributed by atoms with Crippen molar-refractivity contribution in [1.82, 2.24) is 5.06 Å². The van der Waals surface area contributed by atoms with Crippen LogP contribution in [-0.4, -0.2) is 17.2 Å². The Bertz CT molecular complexity index is 409. The van der Waals surface area contributed by atoms with Crippen LogP contribution in [0.2, 0.25) is 0 Å². The van der Waals surface area contributed by atoms with Crippen LogP contribution < -0.4 is 4.74 Å². The van der Waals surface area contributed by atoms with E-state index in [4.69, 9.17) is 9.57 Å². The molecule has 1 aromatic rings. The summed E-state index contributed by atoms with van der Waals surface area (Å²) >= 11 is 0. The summed E-state index contributed by atoms with van der Waals surface area (Å²) < 4.78 is 5.62. The lowest BCUT2D eigenvalue weighted by Gasteiger charge is -2.17. The molecular weight excluding hydrogens is 214 g/mol. The highest BCUT2D eigenvalue weighted by atomic mass is 16.8. The summed E-state index contributed by atoms with van der Waals surface area (Å²) in [4.78, 5) is 5.62. The molecule has 2 unspecified atom stereocenters. The van der Waals surface area contributed by atoms with E-state index < -0.39 is 0 Å². The van der Waals surface area contributed by atoms with Crippen LogP contribution in [0.1, 0.15) is 32.6 Å². The van der Waals surface area contributed by atoms with E-state index in [-0.39, 0.29) is 11.8 Å². The van der Waals surface area contributed by atoms with E-state index in [9.17, 15) is 0 Å². The summed E-state index contributed by atoms with van der Waals surface area (Å²) in [7, 11) is 0. The molecule has 0 spiro atoms. The number of rotatable bonds is 4. The molecule has 1 aliphatic heterocycles. The average molecular weight is 233 g/mol. The van der Waals surface area contributed by atoms with E-state index in [1.165, 1.54) is 0 Å². The predicted octanol–water partition coefficient (Wildman–Crippen LogP) is 3.30. The van der Waals surface area contributed by atoms with E-state index >= 15 is 0 Å². The van der Waals surface area contributed by atoms with Crippen LogP contribution in [0.5, 0.6) is 5.75 Å². The molecule has 1 aliphatic rings. The minimum Gasteiger partial charge on any atom is -0.489 e. The topological polar surface area (TPSA) is 24.8 Å². The quantitative estimate of drug-likeness (QED) is 0.589. The van der Waals surface area contributed by atoms with Gasteiger partial charge in [0.05, 0.1) is 0 Å². The van der Waals surface area contributed by atoms with Crippen molar-refractivity contribution in [3.63, 3.8) is 0 Å². The van der Waals surface area contributed by atoms with Crippen LogP contribution >= 0.6 is 0 Å². The highest BCUT2D eigenvalue weighted by Crippen LogP contribution is 2.46. The molecule has 1 heterocycles. The van der Waals surface area contributed by atoms with Crippen molar-refractivity contribution in [3.8, 4) is 5.75 Å². The van der Waals surface area contributed by atoms with E-state index in [1.807, 2.05) is 29.3 Å². The lowest BCUT2D eigenvalue weighted by Crippen LogP contribution is -2.25. The summed E-state index contributed by atoms with van der Waals surface area (Å²) in [5.41, 5.74) is 1.08. The van der Waals surface area contributed by atoms with Gasteiger partial charge in [-0.3, -0.25) is 4.84 Å². The second-order valence-electron chi connectivity index (χ2n) is 5.09. The Morgan fingerprint density at radius 2 is 2.12 bits per heavy atom. The van der Waals surface area contributed by atoms with E-state index in [0.717, 1.165) is 11.3 Å². The largest absolute Gasteiger partial charge is 0.489 e. The Morgan fingerprint density at radius 1 is 1.41 bits per heavy atom. The molecular formula is C14H19NO2. The van der Waals surface area contributed by atoms with Gasteiger partial charge in [-0.15, -0.1) is 5.06 Å². The van der Waals surface area contributed by atoms with Gasteiger partial charge in [0, 0.05) is 11.1 Å². The third kappa shape index (κ3) is 2.68. The van der Waals surface area contributed by atoms with Gasteiger partial charge in [0.25, 0.3) is 0 Å². The van der Waals surface area contributed by atoms with Crippen LogP contribution in [0.3, 0.4) is 0 Å². The molecule has 92 valence electrons. The Kier molecular flexibility index (Phi) is 3.22. The molecule has 1 aromatic carbocycles. The summed E-state index contributed by atoms with van der Waals surface area (Å²) in [6, 6.07) is 7.96. The third-order valence-electron chi connectivity index (χ3n) is 2.58. The van der Waals surface area contributed by atoms with Crippen molar-refractivity contribution < 1.29 is 9.57 Å². The summed E-state index contributed by atoms with van der Waals surface area (Å²) in [6.07, 6.45) is 1.75. The molecule has 0 saturated carbocycles.